The van der Waals surface area contributed by atoms with E-state index in [9.17, 15) is 9.59 Å². The fourth-order valence-electron chi connectivity index (χ4n) is 4.55. The molecule has 0 unspecified atom stereocenters. The molecule has 0 spiro atoms. The molecule has 0 saturated heterocycles. The number of carbonyl (C=O) groups excluding carboxylic acids is 1. The van der Waals surface area contributed by atoms with E-state index in [-0.39, 0.29) is 17.5 Å². The first kappa shape index (κ1) is 20.3. The van der Waals surface area contributed by atoms with Crippen molar-refractivity contribution in [3.8, 4) is 0 Å². The standard InChI is InChI=1S/C22H25N3O2S3/c1-13-14(2)30-20-19(13)21(27)25(16-5-3-4-6-16)22(23-20)29-12-18(26)24-9-7-17-15(11-24)8-10-28-17/h8,10,16H,3-7,9,11-12H2,1-2H3. The fraction of sp³-hybridized carbons (Fsp3) is 0.500. The first-order valence-electron chi connectivity index (χ1n) is 10.5. The Labute approximate surface area is 188 Å². The first-order valence-corrected chi connectivity index (χ1v) is 13.2. The molecule has 3 aromatic heterocycles. The van der Waals surface area contributed by atoms with Gasteiger partial charge in [-0.3, -0.25) is 14.2 Å². The second kappa shape index (κ2) is 8.13. The number of hydrogen-bond donors (Lipinski definition) is 0. The number of thioether (sulfide) groups is 1. The van der Waals surface area contributed by atoms with Crippen LogP contribution in [0.3, 0.4) is 0 Å². The summed E-state index contributed by atoms with van der Waals surface area (Å²) in [5.74, 6) is 0.454. The molecule has 0 bridgehead atoms. The molecular formula is C22H25N3O2S3. The molecule has 0 atom stereocenters. The second-order valence-electron chi connectivity index (χ2n) is 8.19. The molecule has 5 rings (SSSR count). The predicted molar refractivity (Wildman–Crippen MR) is 125 cm³/mol. The van der Waals surface area contributed by atoms with Crippen LogP contribution < -0.4 is 5.56 Å². The van der Waals surface area contributed by atoms with Crippen molar-refractivity contribution in [1.29, 1.82) is 0 Å². The Morgan fingerprint density at radius 2 is 2.10 bits per heavy atom. The van der Waals surface area contributed by atoms with Gasteiger partial charge in [0.25, 0.3) is 5.56 Å². The summed E-state index contributed by atoms with van der Waals surface area (Å²) in [6.07, 6.45) is 5.27. The largest absolute Gasteiger partial charge is 0.337 e. The van der Waals surface area contributed by atoms with E-state index in [1.54, 1.807) is 22.7 Å². The zero-order valence-corrected chi connectivity index (χ0v) is 19.7. The normalized spacial score (nSPS) is 17.1. The van der Waals surface area contributed by atoms with E-state index >= 15 is 0 Å². The van der Waals surface area contributed by atoms with Crippen molar-refractivity contribution in [1.82, 2.24) is 14.5 Å². The van der Waals surface area contributed by atoms with E-state index in [1.807, 2.05) is 23.3 Å². The molecule has 0 aromatic carbocycles. The van der Waals surface area contributed by atoms with Gasteiger partial charge < -0.3 is 4.90 Å². The third-order valence-corrected chi connectivity index (χ3v) is 9.44. The molecule has 1 amide bonds. The molecule has 0 N–H and O–H groups in total. The third-order valence-electron chi connectivity index (χ3n) is 6.38. The molecule has 158 valence electrons. The Bertz CT molecular complexity index is 1170. The zero-order chi connectivity index (χ0) is 20.8. The van der Waals surface area contributed by atoms with Crippen LogP contribution in [0.25, 0.3) is 10.2 Å². The minimum Gasteiger partial charge on any atom is -0.337 e. The molecule has 1 saturated carbocycles. The van der Waals surface area contributed by atoms with Crippen LogP contribution in [0.2, 0.25) is 0 Å². The first-order chi connectivity index (χ1) is 14.5. The van der Waals surface area contributed by atoms with Gasteiger partial charge in [0, 0.05) is 28.9 Å². The monoisotopic (exact) mass is 459 g/mol. The highest BCUT2D eigenvalue weighted by molar-refractivity contribution is 7.99. The van der Waals surface area contributed by atoms with Crippen molar-refractivity contribution >= 4 is 50.6 Å². The van der Waals surface area contributed by atoms with Crippen molar-refractivity contribution in [2.24, 2.45) is 0 Å². The smallest absolute Gasteiger partial charge is 0.263 e. The Kier molecular flexibility index (Phi) is 5.49. The van der Waals surface area contributed by atoms with E-state index < -0.39 is 0 Å². The van der Waals surface area contributed by atoms with E-state index in [4.69, 9.17) is 4.98 Å². The van der Waals surface area contributed by atoms with Crippen molar-refractivity contribution in [3.05, 3.63) is 42.7 Å². The fourth-order valence-corrected chi connectivity index (χ4v) is 7.48. The summed E-state index contributed by atoms with van der Waals surface area (Å²) < 4.78 is 1.90. The number of amides is 1. The minimum atomic E-state index is 0.0737. The van der Waals surface area contributed by atoms with Gasteiger partial charge in [-0.2, -0.15) is 0 Å². The molecule has 3 aromatic rings. The molecule has 0 radical (unpaired) electrons. The Morgan fingerprint density at radius 3 is 2.90 bits per heavy atom. The highest BCUT2D eigenvalue weighted by atomic mass is 32.2. The van der Waals surface area contributed by atoms with Gasteiger partial charge in [-0.25, -0.2) is 4.98 Å². The maximum Gasteiger partial charge on any atom is 0.263 e. The molecular weight excluding hydrogens is 434 g/mol. The van der Waals surface area contributed by atoms with Crippen LogP contribution >= 0.6 is 34.4 Å². The molecule has 30 heavy (non-hydrogen) atoms. The number of nitrogens with zero attached hydrogens (tertiary/aromatic N) is 3. The summed E-state index contributed by atoms with van der Waals surface area (Å²) in [4.78, 5) is 36.6. The van der Waals surface area contributed by atoms with Crippen LogP contribution in [0.15, 0.2) is 21.4 Å². The highest BCUT2D eigenvalue weighted by Gasteiger charge is 2.26. The van der Waals surface area contributed by atoms with Gasteiger partial charge in [0.05, 0.1) is 11.1 Å². The van der Waals surface area contributed by atoms with Crippen molar-refractivity contribution in [2.75, 3.05) is 12.3 Å². The molecule has 2 aliphatic rings. The van der Waals surface area contributed by atoms with Crippen molar-refractivity contribution in [3.63, 3.8) is 0 Å². The lowest BCUT2D eigenvalue weighted by atomic mass is 10.1. The van der Waals surface area contributed by atoms with E-state index in [2.05, 4.69) is 11.4 Å². The van der Waals surface area contributed by atoms with Crippen LogP contribution in [0.1, 0.15) is 52.6 Å². The zero-order valence-electron chi connectivity index (χ0n) is 17.3. The maximum atomic E-state index is 13.4. The number of carbonyl (C=O) groups is 1. The average Bonchev–Trinajstić information content (AvgIpc) is 3.47. The second-order valence-corrected chi connectivity index (χ2v) is 11.3. The van der Waals surface area contributed by atoms with Crippen molar-refractivity contribution < 1.29 is 4.79 Å². The van der Waals surface area contributed by atoms with Gasteiger partial charge >= 0.3 is 0 Å². The van der Waals surface area contributed by atoms with Crippen molar-refractivity contribution in [2.45, 2.75) is 63.7 Å². The van der Waals surface area contributed by atoms with Crippen LogP contribution in [-0.2, 0) is 17.8 Å². The SMILES string of the molecule is Cc1sc2nc(SCC(=O)N3CCc4sccc4C3)n(C3CCCC3)c(=O)c2c1C. The number of aromatic nitrogens is 2. The number of rotatable bonds is 4. The summed E-state index contributed by atoms with van der Waals surface area (Å²) in [6.45, 7) is 5.54. The topological polar surface area (TPSA) is 55.2 Å². The summed E-state index contributed by atoms with van der Waals surface area (Å²) >= 11 is 4.80. The quantitative estimate of drug-likeness (QED) is 0.410. The molecule has 8 heteroatoms. The third kappa shape index (κ3) is 3.52. The lowest BCUT2D eigenvalue weighted by Crippen LogP contribution is -2.36. The molecule has 4 heterocycles. The molecule has 1 fully saturated rings. The molecule has 1 aliphatic heterocycles. The summed E-state index contributed by atoms with van der Waals surface area (Å²) in [5.41, 5.74) is 2.40. The number of hydrogen-bond acceptors (Lipinski definition) is 6. The summed E-state index contributed by atoms with van der Waals surface area (Å²) in [5, 5.41) is 3.58. The highest BCUT2D eigenvalue weighted by Crippen LogP contribution is 2.35. The Hall–Kier alpha value is -1.64. The summed E-state index contributed by atoms with van der Waals surface area (Å²) in [6, 6.07) is 2.33. The van der Waals surface area contributed by atoms with Gasteiger partial charge in [-0.05, 0) is 55.7 Å². The lowest BCUT2D eigenvalue weighted by molar-refractivity contribution is -0.129. The Balaban J connectivity index is 1.43. The molecule has 5 nitrogen and oxygen atoms in total. The van der Waals surface area contributed by atoms with Gasteiger partial charge in [0.1, 0.15) is 4.83 Å². The van der Waals surface area contributed by atoms with Gasteiger partial charge in [-0.15, -0.1) is 22.7 Å². The minimum absolute atomic E-state index is 0.0737. The van der Waals surface area contributed by atoms with E-state index in [0.717, 1.165) is 59.3 Å². The van der Waals surface area contributed by atoms with Gasteiger partial charge in [-0.1, -0.05) is 24.6 Å². The van der Waals surface area contributed by atoms with E-state index in [1.165, 1.54) is 22.2 Å². The number of aryl methyl sites for hydroxylation is 2. The van der Waals surface area contributed by atoms with Gasteiger partial charge in [0.2, 0.25) is 5.91 Å². The predicted octanol–water partition coefficient (Wildman–Crippen LogP) is 4.93. The maximum absolute atomic E-state index is 13.4. The average molecular weight is 460 g/mol. The van der Waals surface area contributed by atoms with E-state index in [0.29, 0.717) is 17.5 Å². The Morgan fingerprint density at radius 1 is 1.30 bits per heavy atom. The van der Waals surface area contributed by atoms with Crippen LogP contribution in [0.5, 0.6) is 0 Å². The van der Waals surface area contributed by atoms with Gasteiger partial charge in [0.15, 0.2) is 5.16 Å². The van der Waals surface area contributed by atoms with Crippen LogP contribution in [0.4, 0.5) is 0 Å². The van der Waals surface area contributed by atoms with Crippen LogP contribution in [-0.4, -0.2) is 32.7 Å². The number of fused-ring (bicyclic) bond motifs is 2. The lowest BCUT2D eigenvalue weighted by Gasteiger charge is -2.27. The van der Waals surface area contributed by atoms with Crippen LogP contribution in [0, 0.1) is 13.8 Å². The number of thiophene rings is 2. The summed E-state index contributed by atoms with van der Waals surface area (Å²) in [7, 11) is 0. The molecule has 1 aliphatic carbocycles.